The van der Waals surface area contributed by atoms with Crippen molar-refractivity contribution in [3.63, 3.8) is 0 Å². The molecular formula is C22H28N4O7. The van der Waals surface area contributed by atoms with Gasteiger partial charge in [-0.2, -0.15) is 0 Å². The van der Waals surface area contributed by atoms with Crippen molar-refractivity contribution in [1.29, 1.82) is 0 Å². The molecule has 2 heterocycles. The summed E-state index contributed by atoms with van der Waals surface area (Å²) in [5.41, 5.74) is 0.335. The normalized spacial score (nSPS) is 18.0. The number of carbonyl (C=O) groups excluding carboxylic acids is 5. The molecule has 0 spiro atoms. The van der Waals surface area contributed by atoms with E-state index in [1.807, 2.05) is 19.0 Å². The van der Waals surface area contributed by atoms with Gasteiger partial charge in [-0.15, -0.1) is 0 Å². The summed E-state index contributed by atoms with van der Waals surface area (Å²) in [5.74, 6) is -2.81. The van der Waals surface area contributed by atoms with Gasteiger partial charge in [-0.05, 0) is 32.6 Å². The number of fused-ring (bicyclic) bond motifs is 1. The summed E-state index contributed by atoms with van der Waals surface area (Å²) >= 11 is 0. The Morgan fingerprint density at radius 2 is 1.82 bits per heavy atom. The summed E-state index contributed by atoms with van der Waals surface area (Å²) in [5, 5.41) is 4.80. The van der Waals surface area contributed by atoms with Gasteiger partial charge in [0.25, 0.3) is 11.8 Å². The van der Waals surface area contributed by atoms with E-state index in [1.54, 1.807) is 6.07 Å². The second-order valence-corrected chi connectivity index (χ2v) is 8.00. The third-order valence-electron chi connectivity index (χ3n) is 5.27. The largest absolute Gasteiger partial charge is 0.379 e. The lowest BCUT2D eigenvalue weighted by atomic mass is 10.0. The fraction of sp³-hybridized carbons (Fsp3) is 0.500. The number of anilines is 1. The molecule has 0 aliphatic carbocycles. The van der Waals surface area contributed by atoms with Crippen molar-refractivity contribution in [3.8, 4) is 0 Å². The van der Waals surface area contributed by atoms with Gasteiger partial charge in [0.15, 0.2) is 0 Å². The lowest BCUT2D eigenvalue weighted by molar-refractivity contribution is -0.136. The van der Waals surface area contributed by atoms with Gasteiger partial charge in [-0.1, -0.05) is 6.07 Å². The lowest BCUT2D eigenvalue weighted by Gasteiger charge is -2.27. The minimum Gasteiger partial charge on any atom is -0.379 e. The third kappa shape index (κ3) is 6.01. The van der Waals surface area contributed by atoms with E-state index in [9.17, 15) is 24.0 Å². The van der Waals surface area contributed by atoms with E-state index in [1.165, 1.54) is 12.1 Å². The number of hydrogen-bond acceptors (Lipinski definition) is 8. The Hall–Kier alpha value is -3.15. The van der Waals surface area contributed by atoms with E-state index in [2.05, 4.69) is 10.6 Å². The number of hydrogen-bond donors (Lipinski definition) is 2. The maximum Gasteiger partial charge on any atom is 0.264 e. The van der Waals surface area contributed by atoms with Crippen LogP contribution in [0, 0.1) is 0 Å². The molecular weight excluding hydrogens is 432 g/mol. The van der Waals surface area contributed by atoms with Gasteiger partial charge in [0, 0.05) is 13.0 Å². The molecule has 1 saturated heterocycles. The molecule has 0 radical (unpaired) electrons. The number of nitrogens with one attached hydrogen (secondary N) is 2. The summed E-state index contributed by atoms with van der Waals surface area (Å²) in [6.45, 7) is 2.36. The van der Waals surface area contributed by atoms with E-state index >= 15 is 0 Å². The predicted molar refractivity (Wildman–Crippen MR) is 117 cm³/mol. The summed E-state index contributed by atoms with van der Waals surface area (Å²) in [6.07, 6.45) is 0.155. The molecule has 0 bridgehead atoms. The van der Waals surface area contributed by atoms with E-state index in [0.717, 1.165) is 11.4 Å². The summed E-state index contributed by atoms with van der Waals surface area (Å²) < 4.78 is 10.8. The molecule has 178 valence electrons. The highest BCUT2D eigenvalue weighted by atomic mass is 16.5. The second kappa shape index (κ2) is 11.1. The zero-order chi connectivity index (χ0) is 24.0. The Labute approximate surface area is 191 Å². The number of likely N-dealkylation sites (N-methyl/N-ethyl adjacent to an activating group) is 1. The van der Waals surface area contributed by atoms with E-state index < -0.39 is 29.7 Å². The van der Waals surface area contributed by atoms with Crippen LogP contribution in [0.1, 0.15) is 40.0 Å². The molecule has 11 heteroatoms. The summed E-state index contributed by atoms with van der Waals surface area (Å²) in [7, 11) is 3.91. The van der Waals surface area contributed by atoms with Crippen molar-refractivity contribution in [3.05, 3.63) is 29.3 Å². The maximum atomic E-state index is 13.0. The molecule has 1 unspecified atom stereocenters. The van der Waals surface area contributed by atoms with E-state index in [0.29, 0.717) is 19.8 Å². The van der Waals surface area contributed by atoms with Gasteiger partial charge < -0.3 is 19.7 Å². The van der Waals surface area contributed by atoms with Gasteiger partial charge in [0.2, 0.25) is 17.7 Å². The van der Waals surface area contributed by atoms with Crippen LogP contribution in [-0.2, 0) is 23.9 Å². The minimum atomic E-state index is -1.06. The van der Waals surface area contributed by atoms with Crippen molar-refractivity contribution in [2.24, 2.45) is 0 Å². The summed E-state index contributed by atoms with van der Waals surface area (Å²) in [4.78, 5) is 64.6. The average molecular weight is 460 g/mol. The second-order valence-electron chi connectivity index (χ2n) is 8.00. The molecule has 11 nitrogen and oxygen atoms in total. The minimum absolute atomic E-state index is 0.0358. The van der Waals surface area contributed by atoms with Crippen molar-refractivity contribution in [1.82, 2.24) is 15.1 Å². The SMILES string of the molecule is CN(C)CCOCCOCCC(=O)Nc1cccc2c1C(=O)N(C1CCC(=O)NC1=O)C2=O. The van der Waals surface area contributed by atoms with Crippen molar-refractivity contribution in [2.75, 3.05) is 52.4 Å². The van der Waals surface area contributed by atoms with Crippen molar-refractivity contribution < 1.29 is 33.4 Å². The lowest BCUT2D eigenvalue weighted by Crippen LogP contribution is -2.54. The molecule has 3 rings (SSSR count). The number of carbonyl (C=O) groups is 5. The van der Waals surface area contributed by atoms with Crippen molar-refractivity contribution in [2.45, 2.75) is 25.3 Å². The number of ether oxygens (including phenoxy) is 2. The highest BCUT2D eigenvalue weighted by molar-refractivity contribution is 6.26. The first-order chi connectivity index (χ1) is 15.8. The topological polar surface area (TPSA) is 134 Å². The Morgan fingerprint density at radius 3 is 2.52 bits per heavy atom. The van der Waals surface area contributed by atoms with Crippen LogP contribution in [0.5, 0.6) is 0 Å². The predicted octanol–water partition coefficient (Wildman–Crippen LogP) is 0.0112. The van der Waals surface area contributed by atoms with Crippen LogP contribution >= 0.6 is 0 Å². The van der Waals surface area contributed by atoms with Crippen molar-refractivity contribution >= 4 is 35.2 Å². The van der Waals surface area contributed by atoms with Gasteiger partial charge >= 0.3 is 0 Å². The Bertz CT molecular complexity index is 947. The first kappa shape index (κ1) is 24.5. The smallest absolute Gasteiger partial charge is 0.264 e. The Morgan fingerprint density at radius 1 is 1.09 bits per heavy atom. The highest BCUT2D eigenvalue weighted by Gasteiger charge is 2.45. The number of rotatable bonds is 11. The zero-order valence-electron chi connectivity index (χ0n) is 18.7. The van der Waals surface area contributed by atoms with Crippen LogP contribution in [0.15, 0.2) is 18.2 Å². The van der Waals surface area contributed by atoms with E-state index in [4.69, 9.17) is 9.47 Å². The molecule has 2 aliphatic rings. The van der Waals surface area contributed by atoms with Gasteiger partial charge in [0.1, 0.15) is 6.04 Å². The number of piperidine rings is 1. The van der Waals surface area contributed by atoms with Gasteiger partial charge in [0.05, 0.1) is 49.7 Å². The maximum absolute atomic E-state index is 13.0. The van der Waals surface area contributed by atoms with Crippen LogP contribution in [0.2, 0.25) is 0 Å². The molecule has 2 N–H and O–H groups in total. The first-order valence-corrected chi connectivity index (χ1v) is 10.7. The molecule has 1 fully saturated rings. The molecule has 0 saturated carbocycles. The van der Waals surface area contributed by atoms with Crippen LogP contribution in [0.3, 0.4) is 0 Å². The van der Waals surface area contributed by atoms with Gasteiger partial charge in [-0.25, -0.2) is 0 Å². The quantitative estimate of drug-likeness (QED) is 0.348. The number of imide groups is 2. The molecule has 33 heavy (non-hydrogen) atoms. The van der Waals surface area contributed by atoms with Gasteiger partial charge in [-0.3, -0.25) is 34.2 Å². The van der Waals surface area contributed by atoms with E-state index in [-0.39, 0.29) is 48.6 Å². The Kier molecular flexibility index (Phi) is 8.26. The molecule has 5 amide bonds. The number of nitrogens with zero attached hydrogens (tertiary/aromatic N) is 2. The highest BCUT2D eigenvalue weighted by Crippen LogP contribution is 2.32. The van der Waals surface area contributed by atoms with Crippen LogP contribution in [0.4, 0.5) is 5.69 Å². The third-order valence-corrected chi connectivity index (χ3v) is 5.27. The monoisotopic (exact) mass is 460 g/mol. The molecule has 2 aliphatic heterocycles. The molecule has 1 aromatic carbocycles. The summed E-state index contributed by atoms with van der Waals surface area (Å²) in [6, 6.07) is 3.48. The van der Waals surface area contributed by atoms with Crippen LogP contribution < -0.4 is 10.6 Å². The first-order valence-electron chi connectivity index (χ1n) is 10.7. The van der Waals surface area contributed by atoms with Crippen LogP contribution in [0.25, 0.3) is 0 Å². The number of amides is 5. The zero-order valence-corrected chi connectivity index (χ0v) is 18.7. The standard InChI is InChI=1S/C22H28N4O7/c1-25(2)9-11-33-13-12-32-10-8-18(28)23-15-5-3-4-14-19(15)22(31)26(21(14)30)16-6-7-17(27)24-20(16)29/h3-5,16H,6-13H2,1-2H3,(H,23,28)(H,24,27,29). The molecule has 0 aromatic heterocycles. The average Bonchev–Trinajstić information content (AvgIpc) is 3.01. The van der Waals surface area contributed by atoms with Crippen LogP contribution in [-0.4, -0.2) is 92.4 Å². The number of benzene rings is 1. The Balaban J connectivity index is 1.53. The molecule has 1 aromatic rings. The molecule has 1 atom stereocenters. The fourth-order valence-corrected chi connectivity index (χ4v) is 3.57. The fourth-order valence-electron chi connectivity index (χ4n) is 3.57.